The first kappa shape index (κ1) is 74.6. The lowest BCUT2D eigenvalue weighted by Gasteiger charge is -2.36. The Labute approximate surface area is 710 Å². The summed E-state index contributed by atoms with van der Waals surface area (Å²) in [6, 6.07) is 50.5. The summed E-state index contributed by atoms with van der Waals surface area (Å²) in [6.07, 6.45) is 27.6. The third-order valence-electron chi connectivity index (χ3n) is 26.4. The van der Waals surface area contributed by atoms with Crippen LogP contribution in [0.3, 0.4) is 0 Å². The van der Waals surface area contributed by atoms with Crippen LogP contribution >= 0.6 is 0 Å². The van der Waals surface area contributed by atoms with E-state index in [9.17, 15) is 2.74 Å². The third kappa shape index (κ3) is 16.5. The predicted octanol–water partition coefficient (Wildman–Crippen LogP) is 26.5. The molecule has 4 aliphatic carbocycles. The van der Waals surface area contributed by atoms with Crippen LogP contribution in [0.5, 0.6) is 0 Å². The molecule has 0 aliphatic heterocycles. The molecule has 610 valence electrons. The topological polar surface area (TPSA) is 120 Å². The minimum absolute atomic E-state index is 0.342. The van der Waals surface area contributed by atoms with Gasteiger partial charge in [-0.2, -0.15) is 0 Å². The van der Waals surface area contributed by atoms with Crippen molar-refractivity contribution >= 4 is 88.3 Å². The first-order valence-electron chi connectivity index (χ1n) is 46.3. The lowest BCUT2D eigenvalue weighted by Crippen LogP contribution is -2.31. The zero-order valence-corrected chi connectivity index (χ0v) is 73.3. The van der Waals surface area contributed by atoms with Crippen LogP contribution in [0.1, 0.15) is 242 Å². The Morgan fingerprint density at radius 3 is 0.966 bits per heavy atom. The maximum atomic E-state index is 9.48. The van der Waals surface area contributed by atoms with E-state index in [4.69, 9.17) is 21.8 Å². The molecule has 12 nitrogen and oxygen atoms in total. The Bertz CT molecular complexity index is 6810. The molecule has 0 radical (unpaired) electrons. The molecule has 0 unspecified atom stereocenters. The van der Waals surface area contributed by atoms with Crippen LogP contribution in [0.2, 0.25) is 0 Å². The molecule has 4 aromatic carbocycles. The van der Waals surface area contributed by atoms with Crippen LogP contribution in [0.25, 0.3) is 133 Å². The fourth-order valence-corrected chi connectivity index (χ4v) is 19.5. The van der Waals surface area contributed by atoms with E-state index in [1.165, 1.54) is 68.1 Å². The van der Waals surface area contributed by atoms with Gasteiger partial charge >= 0.3 is 0 Å². The van der Waals surface area contributed by atoms with Crippen molar-refractivity contribution in [3.8, 4) is 45.0 Å². The molecule has 16 aromatic rings. The second-order valence-corrected chi connectivity index (χ2v) is 37.0. The van der Waals surface area contributed by atoms with Gasteiger partial charge in [0.05, 0.1) is 22.3 Å². The lowest BCUT2D eigenvalue weighted by atomic mass is 9.70. The van der Waals surface area contributed by atoms with Gasteiger partial charge in [0, 0.05) is 121 Å². The van der Waals surface area contributed by atoms with Gasteiger partial charge in [0.1, 0.15) is 28.2 Å². The number of hydrogen-bond donors (Lipinski definition) is 0. The van der Waals surface area contributed by atoms with Crippen molar-refractivity contribution in [2.75, 3.05) is 0 Å². The van der Waals surface area contributed by atoms with Crippen molar-refractivity contribution < 1.29 is 42.8 Å². The van der Waals surface area contributed by atoms with E-state index in [0.717, 1.165) is 232 Å². The average Bonchev–Trinajstić information content (AvgIpc) is 1.57. The standard InChI is InChI=1S/C31H37N2O.C27H31N2O.C25H27N2O.C24H27N2O/c1-20-9-15-26-27-16-10-21(2)32-31(27)34-30(26)29(20)28-19-25(17-18-33(28)3)24-13-11-23(12-14-24)22-7-5-4-6-8-22;1-17-6-8-21-22-9-7-18(2)28-26(22)30-25(21)24(17)23-16-20(12-15-29(23)5)19-10-13-27(3,4)14-11-19;1-16-9-11-20-21-12-10-17(2)26-25(21)28-24(20)23(16)22-15-19(13-14-27(22)3)18-7-5-4-6-8-18;1-15-7-9-18-19-10-8-16(2)25-23(19)27-22(18)21(15)20-13-17(11-12-26(20)6)14-24(3,4)5/h9-10,15-19,22-24H,4-8,11-14H2,1-3H3;6-9,12,15-16,19H,10-11,13-14H2,1-5H3;9-15,18H,4-8H2,1-3H3;7-13H,14H2,1-6H3/q4*+1/i24D;19D;18D;14D2. The van der Waals surface area contributed by atoms with Crippen LogP contribution in [0.15, 0.2) is 188 Å². The van der Waals surface area contributed by atoms with E-state index in [2.05, 4.69) is 224 Å². The van der Waals surface area contributed by atoms with E-state index in [0.29, 0.717) is 33.8 Å². The predicted molar refractivity (Wildman–Crippen MR) is 486 cm³/mol. The molecule has 0 bridgehead atoms. The molecule has 20 rings (SSSR count). The molecule has 0 saturated heterocycles. The van der Waals surface area contributed by atoms with E-state index in [-0.39, 0.29) is 0 Å². The monoisotopic (exact) mass is 1590 g/mol. The summed E-state index contributed by atoms with van der Waals surface area (Å²) < 4.78 is 78.9. The molecular weight excluding hydrogens is 1460 g/mol. The number of fused-ring (bicyclic) bond motifs is 12. The molecule has 0 atom stereocenters. The number of furan rings is 4. The van der Waals surface area contributed by atoms with Crippen LogP contribution in [-0.2, 0) is 34.6 Å². The zero-order valence-electron chi connectivity index (χ0n) is 78.3. The summed E-state index contributed by atoms with van der Waals surface area (Å²) in [5.41, 5.74) is 26.9. The number of rotatable bonds is 9. The number of aromatic nitrogens is 8. The van der Waals surface area contributed by atoms with Crippen LogP contribution < -0.4 is 18.3 Å². The Kier molecular flexibility index (Phi) is 20.8. The van der Waals surface area contributed by atoms with Crippen molar-refractivity contribution in [1.82, 2.24) is 19.9 Å². The zero-order chi connectivity index (χ0) is 87.4. The Hall–Kier alpha value is -10.7. The van der Waals surface area contributed by atoms with Gasteiger partial charge in [-0.05, 0) is 259 Å². The number of benzene rings is 4. The van der Waals surface area contributed by atoms with Crippen LogP contribution in [0, 0.1) is 78.1 Å². The van der Waals surface area contributed by atoms with Crippen molar-refractivity contribution in [3.63, 3.8) is 0 Å². The van der Waals surface area contributed by atoms with Crippen molar-refractivity contribution in [1.29, 1.82) is 0 Å². The third-order valence-corrected chi connectivity index (χ3v) is 26.4. The van der Waals surface area contributed by atoms with Gasteiger partial charge in [-0.3, -0.25) is 0 Å². The Morgan fingerprint density at radius 2 is 0.630 bits per heavy atom. The molecule has 12 aromatic heterocycles. The molecule has 0 spiro atoms. The second-order valence-electron chi connectivity index (χ2n) is 37.0. The molecule has 12 heterocycles. The summed E-state index contributed by atoms with van der Waals surface area (Å²) >= 11 is 0. The quantitative estimate of drug-likeness (QED) is 0.131. The van der Waals surface area contributed by atoms with Gasteiger partial charge < -0.3 is 17.7 Å². The first-order chi connectivity index (χ1) is 59.1. The Morgan fingerprint density at radius 1 is 0.345 bits per heavy atom. The highest BCUT2D eigenvalue weighted by Gasteiger charge is 2.34. The number of hydrogen-bond acceptors (Lipinski definition) is 8. The molecule has 4 aliphatic rings. The largest absolute Gasteiger partial charge is 0.437 e. The van der Waals surface area contributed by atoms with Gasteiger partial charge in [-0.25, -0.2) is 38.2 Å². The number of nitrogens with zero attached hydrogens (tertiary/aromatic N) is 8. The Balaban J connectivity index is 0.000000117. The van der Waals surface area contributed by atoms with Crippen molar-refractivity contribution in [2.24, 2.45) is 50.9 Å². The summed E-state index contributed by atoms with van der Waals surface area (Å²) in [7, 11) is 8.22. The van der Waals surface area contributed by atoms with Crippen molar-refractivity contribution in [3.05, 3.63) is 238 Å². The average molecular weight is 1590 g/mol. The maximum absolute atomic E-state index is 9.48. The number of aryl methyl sites for hydroxylation is 12. The van der Waals surface area contributed by atoms with Gasteiger partial charge in [-0.15, -0.1) is 0 Å². The smallest absolute Gasteiger partial charge is 0.227 e. The van der Waals surface area contributed by atoms with E-state index in [1.54, 1.807) is 0 Å². The van der Waals surface area contributed by atoms with E-state index >= 15 is 0 Å². The minimum Gasteiger partial charge on any atom is -0.437 e. The molecule has 4 fully saturated rings. The van der Waals surface area contributed by atoms with Gasteiger partial charge in [-0.1, -0.05) is 135 Å². The number of pyridine rings is 8. The van der Waals surface area contributed by atoms with E-state index in [1.807, 2.05) is 103 Å². The summed E-state index contributed by atoms with van der Waals surface area (Å²) in [5, 5.41) is 8.47. The highest BCUT2D eigenvalue weighted by atomic mass is 16.4. The van der Waals surface area contributed by atoms with Crippen LogP contribution in [0.4, 0.5) is 0 Å². The summed E-state index contributed by atoms with van der Waals surface area (Å²) in [6.45, 7) is 26.8. The van der Waals surface area contributed by atoms with Gasteiger partial charge in [0.2, 0.25) is 45.6 Å². The maximum Gasteiger partial charge on any atom is 0.227 e. The van der Waals surface area contributed by atoms with Gasteiger partial charge in [0.25, 0.3) is 0 Å². The van der Waals surface area contributed by atoms with Crippen molar-refractivity contribution in [2.45, 2.75) is 230 Å². The normalized spacial score (nSPS) is 18.9. The lowest BCUT2D eigenvalue weighted by molar-refractivity contribution is -0.660. The van der Waals surface area contributed by atoms with Crippen LogP contribution in [-0.4, -0.2) is 19.9 Å². The van der Waals surface area contributed by atoms with Gasteiger partial charge in [0.15, 0.2) is 47.1 Å². The summed E-state index contributed by atoms with van der Waals surface area (Å²) in [4.78, 5) is 18.4. The fraction of sp³-hybridized carbons (Fsp3) is 0.402. The second kappa shape index (κ2) is 33.1. The highest BCUT2D eigenvalue weighted by Crippen LogP contribution is 2.48. The SMILES string of the molecule is [2H]C([2H])(c1cc[n+](C)c(-c2c(C)ccc3c2oc2nc(C)ccc23)c1)C(C)(C)C.[2H]C1(c2cc[n+](C)c(-c3c(C)ccc4c3oc3nc(C)ccc34)c2)CCC(C)(C)CC1.[2H]C1(c2cc[n+](C)c(-c3c(C)ccc4c3oc3nc(C)ccc34)c2)CCC(C2CCCCC2)CC1.[2H]C1(c2cc[n+](C)c(-c3c(C)ccc4c3oc3nc(C)ccc34)c2)CCCCC1. The summed E-state index contributed by atoms with van der Waals surface area (Å²) in [5.74, 6) is 0.240. The molecule has 119 heavy (non-hydrogen) atoms. The first-order valence-corrected chi connectivity index (χ1v) is 43.8. The highest BCUT2D eigenvalue weighted by molar-refractivity contribution is 6.12. The molecule has 12 heteroatoms. The molecule has 4 saturated carbocycles. The minimum atomic E-state index is -1.47. The molecular formula is C107H122N8O4+4. The molecule has 0 N–H and O–H groups in total. The molecule has 0 amide bonds. The van der Waals surface area contributed by atoms with E-state index < -0.39 is 29.5 Å². The fourth-order valence-electron chi connectivity index (χ4n) is 19.5.